The minimum Gasteiger partial charge on any atom is -0.364 e. The van der Waals surface area contributed by atoms with Gasteiger partial charge < -0.3 is 14.8 Å². The highest BCUT2D eigenvalue weighted by molar-refractivity contribution is 5.59. The maximum absolute atomic E-state index is 13.1. The average Bonchev–Trinajstić information content (AvgIpc) is 3.13. The van der Waals surface area contributed by atoms with Crippen molar-refractivity contribution in [2.24, 2.45) is 7.05 Å². The molecule has 2 aromatic carbocycles. The molecule has 0 spiro atoms. The molecule has 3 aromatic rings. The molecule has 0 fully saturated rings. The van der Waals surface area contributed by atoms with Crippen LogP contribution in [0.5, 0.6) is 0 Å². The minimum absolute atomic E-state index is 0.204. The molecule has 0 aliphatic carbocycles. The fourth-order valence-electron chi connectivity index (χ4n) is 3.91. The zero-order chi connectivity index (χ0) is 20.2. The van der Waals surface area contributed by atoms with Crippen LogP contribution in [0.2, 0.25) is 0 Å². The molecule has 29 heavy (non-hydrogen) atoms. The summed E-state index contributed by atoms with van der Waals surface area (Å²) in [5, 5.41) is 12.9. The highest BCUT2D eigenvalue weighted by atomic mass is 19.1. The molecule has 1 aromatic heterocycles. The Balaban J connectivity index is 1.48. The Morgan fingerprint density at radius 1 is 1.24 bits per heavy atom. The third-order valence-corrected chi connectivity index (χ3v) is 5.49. The molecule has 1 N–H and O–H groups in total. The Hall–Kier alpha value is -3.17. The van der Waals surface area contributed by atoms with E-state index < -0.39 is 0 Å². The number of halogens is 1. The number of imidazole rings is 1. The van der Waals surface area contributed by atoms with Crippen molar-refractivity contribution in [3.63, 3.8) is 0 Å². The lowest BCUT2D eigenvalue weighted by molar-refractivity contribution is 0.482. The van der Waals surface area contributed by atoms with Gasteiger partial charge in [0.25, 0.3) is 0 Å². The quantitative estimate of drug-likeness (QED) is 0.703. The molecule has 2 heterocycles. The van der Waals surface area contributed by atoms with E-state index in [2.05, 4.69) is 27.3 Å². The normalized spacial score (nSPS) is 15.8. The molecule has 0 radical (unpaired) electrons. The zero-order valence-electron chi connectivity index (χ0n) is 16.5. The van der Waals surface area contributed by atoms with Gasteiger partial charge in [0.15, 0.2) is 0 Å². The van der Waals surface area contributed by atoms with E-state index in [0.717, 1.165) is 43.7 Å². The van der Waals surface area contributed by atoms with Crippen molar-refractivity contribution in [2.45, 2.75) is 25.4 Å². The predicted octanol–water partition coefficient (Wildman–Crippen LogP) is 3.19. The Morgan fingerprint density at radius 2 is 2.07 bits per heavy atom. The third-order valence-electron chi connectivity index (χ3n) is 5.49. The standard InChI is InChI=1S/C23H24FN5/c1-28-16-26-13-22(28)15-29-14-21(11-19-10-18(12-25)4-7-23(19)29)27-9-8-17-2-5-20(24)6-3-17/h2-7,10,13,16,21,27H,8-9,11,14-15H2,1H3. The number of hydrogen-bond donors (Lipinski definition) is 1. The van der Waals surface area contributed by atoms with Crippen molar-refractivity contribution in [1.82, 2.24) is 14.9 Å². The Morgan fingerprint density at radius 3 is 2.79 bits per heavy atom. The van der Waals surface area contributed by atoms with E-state index in [4.69, 9.17) is 0 Å². The van der Waals surface area contributed by atoms with Crippen molar-refractivity contribution >= 4 is 5.69 Å². The molecule has 0 saturated carbocycles. The summed E-state index contributed by atoms with van der Waals surface area (Å²) >= 11 is 0. The van der Waals surface area contributed by atoms with Crippen LogP contribution in [0.15, 0.2) is 55.0 Å². The molecule has 1 aliphatic heterocycles. The number of nitrogens with one attached hydrogen (secondary N) is 1. The second kappa shape index (κ2) is 8.46. The third kappa shape index (κ3) is 4.47. The average molecular weight is 389 g/mol. The van der Waals surface area contributed by atoms with Crippen LogP contribution < -0.4 is 10.2 Å². The molecule has 5 nitrogen and oxygen atoms in total. The van der Waals surface area contributed by atoms with Gasteiger partial charge in [0, 0.05) is 31.5 Å². The molecule has 6 heteroatoms. The molecule has 4 rings (SSSR count). The number of aromatic nitrogens is 2. The largest absolute Gasteiger partial charge is 0.364 e. The van der Waals surface area contributed by atoms with Crippen LogP contribution in [-0.4, -0.2) is 28.7 Å². The number of rotatable bonds is 6. The molecule has 0 amide bonds. The Bertz CT molecular complexity index is 1020. The first-order valence-electron chi connectivity index (χ1n) is 9.83. The van der Waals surface area contributed by atoms with Crippen molar-refractivity contribution in [1.29, 1.82) is 5.26 Å². The fraction of sp³-hybridized carbons (Fsp3) is 0.304. The van der Waals surface area contributed by atoms with Crippen LogP contribution in [0.3, 0.4) is 0 Å². The van der Waals surface area contributed by atoms with Crippen LogP contribution in [0.4, 0.5) is 10.1 Å². The van der Waals surface area contributed by atoms with Crippen LogP contribution in [-0.2, 0) is 26.4 Å². The maximum atomic E-state index is 13.1. The van der Waals surface area contributed by atoms with Gasteiger partial charge in [-0.2, -0.15) is 5.26 Å². The lowest BCUT2D eigenvalue weighted by Crippen LogP contribution is -2.46. The first kappa shape index (κ1) is 19.2. The lowest BCUT2D eigenvalue weighted by Gasteiger charge is -2.36. The van der Waals surface area contributed by atoms with Gasteiger partial charge in [-0.1, -0.05) is 12.1 Å². The molecule has 1 unspecified atom stereocenters. The summed E-state index contributed by atoms with van der Waals surface area (Å²) in [5.41, 5.74) is 5.33. The molecular weight excluding hydrogens is 365 g/mol. The number of hydrogen-bond acceptors (Lipinski definition) is 4. The summed E-state index contributed by atoms with van der Waals surface area (Å²) < 4.78 is 15.1. The van der Waals surface area contributed by atoms with E-state index in [9.17, 15) is 9.65 Å². The number of nitrogens with zero attached hydrogens (tertiary/aromatic N) is 4. The van der Waals surface area contributed by atoms with Crippen molar-refractivity contribution in [3.8, 4) is 6.07 Å². The van der Waals surface area contributed by atoms with Crippen LogP contribution >= 0.6 is 0 Å². The molecule has 1 aliphatic rings. The van der Waals surface area contributed by atoms with Gasteiger partial charge in [-0.3, -0.25) is 0 Å². The molecule has 0 bridgehead atoms. The van der Waals surface area contributed by atoms with Crippen LogP contribution in [0.25, 0.3) is 0 Å². The van der Waals surface area contributed by atoms with Crippen LogP contribution in [0, 0.1) is 17.1 Å². The first-order valence-corrected chi connectivity index (χ1v) is 9.83. The summed E-state index contributed by atoms with van der Waals surface area (Å²) in [7, 11) is 2.00. The lowest BCUT2D eigenvalue weighted by atomic mass is 9.95. The highest BCUT2D eigenvalue weighted by Gasteiger charge is 2.25. The minimum atomic E-state index is -0.204. The van der Waals surface area contributed by atoms with E-state index in [1.807, 2.05) is 48.4 Å². The van der Waals surface area contributed by atoms with Gasteiger partial charge in [-0.15, -0.1) is 0 Å². The SMILES string of the molecule is Cn1cncc1CN1CC(NCCc2ccc(F)cc2)Cc2cc(C#N)ccc21. The fourth-order valence-corrected chi connectivity index (χ4v) is 3.91. The molecular formula is C23H24FN5. The number of benzene rings is 2. The summed E-state index contributed by atoms with van der Waals surface area (Å²) in [5.74, 6) is -0.204. The van der Waals surface area contributed by atoms with E-state index in [1.165, 1.54) is 23.4 Å². The topological polar surface area (TPSA) is 56.9 Å². The first-order chi connectivity index (χ1) is 14.1. The zero-order valence-corrected chi connectivity index (χ0v) is 16.5. The van der Waals surface area contributed by atoms with Gasteiger partial charge in [0.05, 0.1) is 30.2 Å². The van der Waals surface area contributed by atoms with E-state index >= 15 is 0 Å². The number of fused-ring (bicyclic) bond motifs is 1. The van der Waals surface area contributed by atoms with Gasteiger partial charge >= 0.3 is 0 Å². The van der Waals surface area contributed by atoms with Crippen molar-refractivity contribution in [2.75, 3.05) is 18.0 Å². The summed E-state index contributed by atoms with van der Waals surface area (Å²) in [6.45, 7) is 2.47. The molecule has 0 saturated heterocycles. The summed E-state index contributed by atoms with van der Waals surface area (Å²) in [6, 6.07) is 15.1. The second-order valence-corrected chi connectivity index (χ2v) is 7.56. The second-order valence-electron chi connectivity index (χ2n) is 7.56. The van der Waals surface area contributed by atoms with Gasteiger partial charge in [-0.25, -0.2) is 9.37 Å². The van der Waals surface area contributed by atoms with E-state index in [0.29, 0.717) is 5.56 Å². The number of anilines is 1. The Kier molecular flexibility index (Phi) is 5.59. The summed E-state index contributed by atoms with van der Waals surface area (Å²) in [4.78, 5) is 6.58. The van der Waals surface area contributed by atoms with Gasteiger partial charge in [0.2, 0.25) is 0 Å². The predicted molar refractivity (Wildman–Crippen MR) is 111 cm³/mol. The molecule has 1 atom stereocenters. The van der Waals surface area contributed by atoms with Crippen molar-refractivity contribution in [3.05, 3.63) is 83.2 Å². The number of aryl methyl sites for hydroxylation is 1. The smallest absolute Gasteiger partial charge is 0.123 e. The Labute approximate surface area is 170 Å². The van der Waals surface area contributed by atoms with Crippen molar-refractivity contribution < 1.29 is 4.39 Å². The van der Waals surface area contributed by atoms with E-state index in [-0.39, 0.29) is 11.9 Å². The maximum Gasteiger partial charge on any atom is 0.123 e. The van der Waals surface area contributed by atoms with Gasteiger partial charge in [-0.05, 0) is 60.8 Å². The van der Waals surface area contributed by atoms with E-state index in [1.54, 1.807) is 0 Å². The van der Waals surface area contributed by atoms with Crippen LogP contribution in [0.1, 0.15) is 22.4 Å². The monoisotopic (exact) mass is 389 g/mol. The molecule has 148 valence electrons. The summed E-state index contributed by atoms with van der Waals surface area (Å²) in [6.07, 6.45) is 5.45. The number of nitriles is 1. The van der Waals surface area contributed by atoms with Gasteiger partial charge in [0.1, 0.15) is 5.82 Å². The highest BCUT2D eigenvalue weighted by Crippen LogP contribution is 2.29.